The third-order valence-electron chi connectivity index (χ3n) is 16.1. The summed E-state index contributed by atoms with van der Waals surface area (Å²) in [5.74, 6) is -0.186. The molecule has 83 heavy (non-hydrogen) atoms. The molecule has 3 N–H and O–H groups in total. The minimum atomic E-state index is -4.37. The Kier molecular flexibility index (Phi) is 62.8. The number of allylic oxidation sites excluding steroid dienone is 11. The summed E-state index contributed by atoms with van der Waals surface area (Å²) in [6.45, 7) is 4.81. The van der Waals surface area contributed by atoms with E-state index in [0.29, 0.717) is 17.4 Å². The molecule has 8 nitrogen and oxygen atoms in total. The Labute approximate surface area is 516 Å². The van der Waals surface area contributed by atoms with Gasteiger partial charge in [0.25, 0.3) is 0 Å². The van der Waals surface area contributed by atoms with Crippen molar-refractivity contribution in [1.82, 2.24) is 5.32 Å². The van der Waals surface area contributed by atoms with E-state index in [1.165, 1.54) is 263 Å². The summed E-state index contributed by atoms with van der Waals surface area (Å²) in [6.07, 6.45) is 90.7. The van der Waals surface area contributed by atoms with Crippen molar-refractivity contribution in [3.63, 3.8) is 0 Å². The van der Waals surface area contributed by atoms with Crippen molar-refractivity contribution in [2.75, 3.05) is 40.9 Å². The van der Waals surface area contributed by atoms with Crippen LogP contribution in [0.25, 0.3) is 0 Å². The minimum absolute atomic E-state index is 0.0533. The molecule has 0 bridgehead atoms. The van der Waals surface area contributed by atoms with Crippen molar-refractivity contribution < 1.29 is 32.9 Å². The van der Waals surface area contributed by atoms with Gasteiger partial charge in [-0.15, -0.1) is 0 Å². The van der Waals surface area contributed by atoms with Crippen LogP contribution in [0.4, 0.5) is 0 Å². The fraction of sp³-hybridized carbons (Fsp3) is 0.824. The summed E-state index contributed by atoms with van der Waals surface area (Å²) < 4.78 is 23.8. The van der Waals surface area contributed by atoms with Crippen LogP contribution < -0.4 is 5.32 Å². The zero-order chi connectivity index (χ0) is 60.5. The highest BCUT2D eigenvalue weighted by atomic mass is 31.2. The minimum Gasteiger partial charge on any atom is -0.387 e. The second kappa shape index (κ2) is 64.4. The normalized spacial score (nSPS) is 14.1. The number of carbonyl (C=O) groups excluding carboxylic acids is 1. The molecule has 0 aliphatic heterocycles. The molecule has 0 aromatic carbocycles. The molecule has 0 rings (SSSR count). The highest BCUT2D eigenvalue weighted by molar-refractivity contribution is 7.47. The van der Waals surface area contributed by atoms with Crippen LogP contribution in [0.5, 0.6) is 0 Å². The molecule has 0 saturated carbocycles. The summed E-state index contributed by atoms with van der Waals surface area (Å²) in [7, 11) is 1.55. The molecule has 486 valence electrons. The fourth-order valence-corrected chi connectivity index (χ4v) is 11.3. The molecule has 1 amide bonds. The summed E-state index contributed by atoms with van der Waals surface area (Å²) in [4.78, 5) is 23.4. The lowest BCUT2D eigenvalue weighted by Gasteiger charge is -2.25. The molecule has 0 aliphatic rings. The monoisotopic (exact) mass is 1180 g/mol. The number of carbonyl (C=O) groups is 1. The second-order valence-corrected chi connectivity index (χ2v) is 27.0. The first-order valence-corrected chi connectivity index (χ1v) is 37.3. The van der Waals surface area contributed by atoms with Gasteiger partial charge in [0.1, 0.15) is 13.2 Å². The maximum absolute atomic E-state index is 13.0. The van der Waals surface area contributed by atoms with Gasteiger partial charge in [0.2, 0.25) is 5.91 Å². The lowest BCUT2D eigenvalue weighted by molar-refractivity contribution is -0.870. The van der Waals surface area contributed by atoms with Gasteiger partial charge in [-0.25, -0.2) is 4.57 Å². The van der Waals surface area contributed by atoms with E-state index in [2.05, 4.69) is 79.9 Å². The number of likely N-dealkylation sites (N-methyl/N-ethyl adjacent to an activating group) is 1. The van der Waals surface area contributed by atoms with Crippen LogP contribution in [0.1, 0.15) is 341 Å². The standard InChI is InChI=1S/C74H139N2O6P/c1-6-8-10-12-14-16-18-20-22-24-26-28-30-31-32-33-34-35-36-37-38-39-40-41-42-43-44-45-46-48-50-52-54-56-58-60-62-64-66-68-74(78)75-72(71-82-83(79,80)81-70-69-76(3,4)5)73(77)67-65-63-61-59-57-55-53-51-49-47-29-27-25-23-21-19-17-15-13-11-9-7-2/h18,20,24,26,30-31,49,51,57,59,65,67,72-73,77H,6-17,19,21-23,25,27-29,32-48,50,52-56,58,60-64,66,68-71H2,1-5H3,(H-,75,78,79,80)/p+1/b20-18-,26-24-,31-30-,51-49+,59-57+,67-65+. The fourth-order valence-electron chi connectivity index (χ4n) is 10.6. The molecule has 0 saturated heterocycles. The van der Waals surface area contributed by atoms with Crippen LogP contribution in [-0.2, 0) is 18.4 Å². The van der Waals surface area contributed by atoms with E-state index >= 15 is 0 Å². The first-order valence-electron chi connectivity index (χ1n) is 35.8. The van der Waals surface area contributed by atoms with Gasteiger partial charge in [-0.2, -0.15) is 0 Å². The van der Waals surface area contributed by atoms with Gasteiger partial charge in [0, 0.05) is 6.42 Å². The topological polar surface area (TPSA) is 105 Å². The van der Waals surface area contributed by atoms with Crippen LogP contribution in [-0.4, -0.2) is 73.4 Å². The van der Waals surface area contributed by atoms with Crippen LogP contribution in [0, 0.1) is 0 Å². The van der Waals surface area contributed by atoms with Gasteiger partial charge in [-0.3, -0.25) is 13.8 Å². The van der Waals surface area contributed by atoms with Crippen molar-refractivity contribution in [2.45, 2.75) is 353 Å². The molecule has 9 heteroatoms. The van der Waals surface area contributed by atoms with Gasteiger partial charge < -0.3 is 19.8 Å². The Bertz CT molecular complexity index is 1580. The van der Waals surface area contributed by atoms with E-state index in [4.69, 9.17) is 9.05 Å². The van der Waals surface area contributed by atoms with E-state index in [-0.39, 0.29) is 19.1 Å². The molecule has 0 aromatic heterocycles. The first kappa shape index (κ1) is 80.9. The Balaban J connectivity index is 4.00. The average molecular weight is 1180 g/mol. The molecule has 3 unspecified atom stereocenters. The van der Waals surface area contributed by atoms with E-state index in [0.717, 1.165) is 57.8 Å². The third kappa shape index (κ3) is 67.3. The molecular formula is C74H140N2O6P+. The predicted molar refractivity (Wildman–Crippen MR) is 364 cm³/mol. The molecule has 0 radical (unpaired) electrons. The Morgan fingerprint density at radius 2 is 0.699 bits per heavy atom. The molecule has 0 fully saturated rings. The van der Waals surface area contributed by atoms with Crippen LogP contribution in [0.2, 0.25) is 0 Å². The van der Waals surface area contributed by atoms with E-state index in [1.54, 1.807) is 6.08 Å². The summed E-state index contributed by atoms with van der Waals surface area (Å²) >= 11 is 0. The number of rotatable bonds is 66. The van der Waals surface area contributed by atoms with Crippen molar-refractivity contribution in [1.29, 1.82) is 0 Å². The van der Waals surface area contributed by atoms with Crippen LogP contribution >= 0.6 is 7.82 Å². The molecule has 0 spiro atoms. The number of hydrogen-bond donors (Lipinski definition) is 3. The molecule has 3 atom stereocenters. The van der Waals surface area contributed by atoms with Gasteiger partial charge >= 0.3 is 7.82 Å². The SMILES string of the molecule is CCCCCCC/C=C\C/C=C\C/C=C\CCCCCCCCCCCCCCCCCCCCCCCCCCC(=O)NC(COP(=O)(O)OCC[N+](C)(C)C)C(O)/C=C/CC/C=C/CC/C=C/CCCCCCCCCCCCCC. The van der Waals surface area contributed by atoms with Gasteiger partial charge in [-0.1, -0.05) is 324 Å². The maximum atomic E-state index is 13.0. The first-order chi connectivity index (χ1) is 40.5. The summed E-state index contributed by atoms with van der Waals surface area (Å²) in [5.41, 5.74) is 0. The number of phosphoric acid groups is 1. The lowest BCUT2D eigenvalue weighted by Crippen LogP contribution is -2.45. The van der Waals surface area contributed by atoms with Crippen molar-refractivity contribution in [3.05, 3.63) is 72.9 Å². The van der Waals surface area contributed by atoms with Crippen molar-refractivity contribution in [2.24, 2.45) is 0 Å². The van der Waals surface area contributed by atoms with Crippen LogP contribution in [0.3, 0.4) is 0 Å². The zero-order valence-corrected chi connectivity index (χ0v) is 56.6. The summed E-state index contributed by atoms with van der Waals surface area (Å²) in [6, 6.07) is -0.872. The van der Waals surface area contributed by atoms with Crippen molar-refractivity contribution in [3.8, 4) is 0 Å². The van der Waals surface area contributed by atoms with Gasteiger partial charge in [-0.05, 0) is 83.5 Å². The molecule has 0 heterocycles. The zero-order valence-electron chi connectivity index (χ0n) is 55.7. The summed E-state index contributed by atoms with van der Waals surface area (Å²) in [5, 5.41) is 14.0. The van der Waals surface area contributed by atoms with E-state index in [9.17, 15) is 19.4 Å². The third-order valence-corrected chi connectivity index (χ3v) is 17.1. The second-order valence-electron chi connectivity index (χ2n) is 25.6. The van der Waals surface area contributed by atoms with E-state index in [1.807, 2.05) is 27.2 Å². The number of quaternary nitrogens is 1. The van der Waals surface area contributed by atoms with Crippen LogP contribution in [0.15, 0.2) is 72.9 Å². The van der Waals surface area contributed by atoms with Gasteiger partial charge in [0.15, 0.2) is 0 Å². The number of aliphatic hydroxyl groups excluding tert-OH is 1. The highest BCUT2D eigenvalue weighted by Crippen LogP contribution is 2.43. The largest absolute Gasteiger partial charge is 0.472 e. The number of nitrogens with zero attached hydrogens (tertiary/aromatic N) is 1. The number of nitrogens with one attached hydrogen (secondary N) is 1. The quantitative estimate of drug-likeness (QED) is 0.0243. The Morgan fingerprint density at radius 1 is 0.410 bits per heavy atom. The Hall–Kier alpha value is -2.06. The number of aliphatic hydroxyl groups is 1. The highest BCUT2D eigenvalue weighted by Gasteiger charge is 2.28. The number of phosphoric ester groups is 1. The number of amides is 1. The number of hydrogen-bond acceptors (Lipinski definition) is 5. The Morgan fingerprint density at radius 3 is 1.05 bits per heavy atom. The predicted octanol–water partition coefficient (Wildman–Crippen LogP) is 22.9. The van der Waals surface area contributed by atoms with Crippen molar-refractivity contribution >= 4 is 13.7 Å². The van der Waals surface area contributed by atoms with Gasteiger partial charge in [0.05, 0.1) is 39.9 Å². The lowest BCUT2D eigenvalue weighted by atomic mass is 10.0. The average Bonchev–Trinajstić information content (AvgIpc) is 3.50. The number of unbranched alkanes of at least 4 members (excludes halogenated alkanes) is 43. The molecule has 0 aromatic rings. The molecular weight excluding hydrogens is 1040 g/mol. The maximum Gasteiger partial charge on any atom is 0.472 e. The molecule has 0 aliphatic carbocycles. The smallest absolute Gasteiger partial charge is 0.387 e. The van der Waals surface area contributed by atoms with E-state index < -0.39 is 20.0 Å².